The van der Waals surface area contributed by atoms with Crippen molar-refractivity contribution < 1.29 is 4.79 Å². The molecule has 1 saturated carbocycles. The third-order valence-corrected chi connectivity index (χ3v) is 5.63. The highest BCUT2D eigenvalue weighted by Crippen LogP contribution is 2.61. The monoisotopic (exact) mass is 320 g/mol. The minimum Gasteiger partial charge on any atom is -0.326 e. The number of benzene rings is 2. The Labute approximate surface area is 143 Å². The van der Waals surface area contributed by atoms with E-state index in [1.165, 1.54) is 11.1 Å². The number of amides is 1. The van der Waals surface area contributed by atoms with E-state index in [0.717, 1.165) is 43.6 Å². The van der Waals surface area contributed by atoms with Crippen LogP contribution in [0.4, 0.5) is 5.69 Å². The number of hydrogen-bond donors (Lipinski definition) is 2. The first-order valence-corrected chi connectivity index (χ1v) is 8.92. The summed E-state index contributed by atoms with van der Waals surface area (Å²) in [6, 6.07) is 16.7. The average Bonchev–Trinajstić information content (AvgIpc) is 3.24. The highest BCUT2D eigenvalue weighted by molar-refractivity contribution is 5.97. The van der Waals surface area contributed by atoms with Crippen LogP contribution in [0.15, 0.2) is 48.5 Å². The van der Waals surface area contributed by atoms with Gasteiger partial charge in [-0.1, -0.05) is 49.4 Å². The second kappa shape index (κ2) is 6.06. The van der Waals surface area contributed by atoms with Gasteiger partial charge in [0.25, 0.3) is 0 Å². The molecule has 1 fully saturated rings. The molecule has 0 aromatic heterocycles. The van der Waals surface area contributed by atoms with Gasteiger partial charge in [0.2, 0.25) is 5.91 Å². The second-order valence-corrected chi connectivity index (χ2v) is 7.00. The van der Waals surface area contributed by atoms with E-state index in [0.29, 0.717) is 0 Å². The highest BCUT2D eigenvalue weighted by atomic mass is 16.2. The molecule has 0 aliphatic heterocycles. The Hall–Kier alpha value is -2.13. The molecular weight excluding hydrogens is 296 g/mol. The summed E-state index contributed by atoms with van der Waals surface area (Å²) in [6.07, 6.45) is 3.21. The van der Waals surface area contributed by atoms with Crippen LogP contribution in [-0.2, 0) is 23.2 Å². The molecule has 3 nitrogen and oxygen atoms in total. The largest absolute Gasteiger partial charge is 0.326 e. The molecule has 2 atom stereocenters. The van der Waals surface area contributed by atoms with E-state index in [2.05, 4.69) is 47.9 Å². The number of anilines is 1. The van der Waals surface area contributed by atoms with Gasteiger partial charge in [-0.2, -0.15) is 0 Å². The molecule has 3 heteroatoms. The topological polar surface area (TPSA) is 41.1 Å². The second-order valence-electron chi connectivity index (χ2n) is 7.00. The third kappa shape index (κ3) is 2.53. The molecular formula is C21H24N2O. The van der Waals surface area contributed by atoms with E-state index in [4.69, 9.17) is 0 Å². The van der Waals surface area contributed by atoms with Crippen molar-refractivity contribution in [1.29, 1.82) is 0 Å². The molecule has 2 aromatic rings. The average molecular weight is 320 g/mol. The Kier molecular flexibility index (Phi) is 3.89. The molecule has 2 aliphatic rings. The molecule has 0 radical (unpaired) electrons. The molecule has 2 N–H and O–H groups in total. The van der Waals surface area contributed by atoms with Crippen LogP contribution in [0.2, 0.25) is 0 Å². The van der Waals surface area contributed by atoms with E-state index in [1.54, 1.807) is 0 Å². The number of hydrogen-bond acceptors (Lipinski definition) is 2. The summed E-state index contributed by atoms with van der Waals surface area (Å²) in [7, 11) is 0. The molecule has 0 bridgehead atoms. The number of fused-ring (bicyclic) bond motifs is 2. The minimum absolute atomic E-state index is 0.108. The van der Waals surface area contributed by atoms with Gasteiger partial charge in [-0.05, 0) is 48.6 Å². The fraction of sp³-hybridized carbons (Fsp3) is 0.381. The molecule has 1 amide bonds. The molecule has 0 heterocycles. The van der Waals surface area contributed by atoms with Crippen molar-refractivity contribution in [2.45, 2.75) is 38.1 Å². The summed E-state index contributed by atoms with van der Waals surface area (Å²) in [4.78, 5) is 12.8. The predicted molar refractivity (Wildman–Crippen MR) is 97.0 cm³/mol. The molecule has 2 aliphatic carbocycles. The van der Waals surface area contributed by atoms with E-state index >= 15 is 0 Å². The van der Waals surface area contributed by atoms with Crippen LogP contribution in [0.5, 0.6) is 0 Å². The van der Waals surface area contributed by atoms with E-state index in [1.807, 2.05) is 18.2 Å². The smallest absolute Gasteiger partial charge is 0.228 e. The molecule has 2 unspecified atom stereocenters. The fourth-order valence-electron chi connectivity index (χ4n) is 4.22. The van der Waals surface area contributed by atoms with Gasteiger partial charge in [0.05, 0.1) is 0 Å². The maximum atomic E-state index is 12.8. The lowest BCUT2D eigenvalue weighted by Gasteiger charge is -2.14. The van der Waals surface area contributed by atoms with Crippen LogP contribution in [0, 0.1) is 5.92 Å². The van der Waals surface area contributed by atoms with Gasteiger partial charge in [0.1, 0.15) is 0 Å². The van der Waals surface area contributed by atoms with Crippen molar-refractivity contribution in [1.82, 2.24) is 5.32 Å². The van der Waals surface area contributed by atoms with Crippen LogP contribution < -0.4 is 10.6 Å². The number of rotatable bonds is 5. The van der Waals surface area contributed by atoms with E-state index in [-0.39, 0.29) is 17.2 Å². The first-order chi connectivity index (χ1) is 11.7. The van der Waals surface area contributed by atoms with Crippen LogP contribution in [0.25, 0.3) is 0 Å². The summed E-state index contributed by atoms with van der Waals surface area (Å²) >= 11 is 0. The summed E-state index contributed by atoms with van der Waals surface area (Å²) in [5.74, 6) is 0.295. The Morgan fingerprint density at radius 1 is 1.17 bits per heavy atom. The van der Waals surface area contributed by atoms with Crippen molar-refractivity contribution in [3.05, 3.63) is 65.2 Å². The van der Waals surface area contributed by atoms with Crippen molar-refractivity contribution in [2.24, 2.45) is 5.92 Å². The van der Waals surface area contributed by atoms with Crippen LogP contribution in [-0.4, -0.2) is 12.5 Å². The van der Waals surface area contributed by atoms with Gasteiger partial charge >= 0.3 is 0 Å². The predicted octanol–water partition coefficient (Wildman–Crippen LogP) is 3.64. The molecule has 124 valence electrons. The Balaban J connectivity index is 1.50. The quantitative estimate of drug-likeness (QED) is 0.883. The van der Waals surface area contributed by atoms with Crippen LogP contribution >= 0.6 is 0 Å². The van der Waals surface area contributed by atoms with E-state index < -0.39 is 0 Å². The highest BCUT2D eigenvalue weighted by Gasteiger charge is 2.61. The van der Waals surface area contributed by atoms with Gasteiger partial charge in [-0.25, -0.2) is 0 Å². The molecule has 4 rings (SSSR count). The SMILES string of the molecule is CCNCc1ccccc1NC(=O)C1CC12CCc1ccccc12. The van der Waals surface area contributed by atoms with Crippen LogP contribution in [0.1, 0.15) is 36.5 Å². The standard InChI is InChI=1S/C21H24N2O/c1-2-22-14-16-8-4-6-10-19(16)23-20(24)18-13-21(18)12-11-15-7-3-5-9-17(15)21/h3-10,18,22H,2,11-14H2,1H3,(H,23,24). The van der Waals surface area contributed by atoms with Gasteiger partial charge in [0.15, 0.2) is 0 Å². The number of nitrogens with one attached hydrogen (secondary N) is 2. The van der Waals surface area contributed by atoms with Gasteiger partial charge in [-0.15, -0.1) is 0 Å². The summed E-state index contributed by atoms with van der Waals surface area (Å²) < 4.78 is 0. The first-order valence-electron chi connectivity index (χ1n) is 8.92. The number of carbonyl (C=O) groups is 1. The Morgan fingerprint density at radius 3 is 2.83 bits per heavy atom. The van der Waals surface area contributed by atoms with Crippen molar-refractivity contribution in [3.63, 3.8) is 0 Å². The summed E-state index contributed by atoms with van der Waals surface area (Å²) in [5, 5.41) is 6.52. The molecule has 1 spiro atoms. The van der Waals surface area contributed by atoms with Gasteiger partial charge in [0, 0.05) is 23.6 Å². The van der Waals surface area contributed by atoms with Crippen molar-refractivity contribution in [3.8, 4) is 0 Å². The maximum absolute atomic E-state index is 12.8. The van der Waals surface area contributed by atoms with E-state index in [9.17, 15) is 4.79 Å². The zero-order valence-electron chi connectivity index (χ0n) is 14.1. The summed E-state index contributed by atoms with van der Waals surface area (Å²) in [6.45, 7) is 3.79. The van der Waals surface area contributed by atoms with Crippen molar-refractivity contribution in [2.75, 3.05) is 11.9 Å². The van der Waals surface area contributed by atoms with Crippen LogP contribution in [0.3, 0.4) is 0 Å². The normalized spacial score (nSPS) is 24.0. The number of para-hydroxylation sites is 1. The molecule has 24 heavy (non-hydrogen) atoms. The lowest BCUT2D eigenvalue weighted by molar-refractivity contribution is -0.117. The number of carbonyl (C=O) groups excluding carboxylic acids is 1. The Morgan fingerprint density at radius 2 is 1.96 bits per heavy atom. The minimum atomic E-state index is 0.108. The first kappa shape index (κ1) is 15.4. The zero-order chi connectivity index (χ0) is 16.6. The Bertz CT molecular complexity index is 770. The number of aryl methyl sites for hydroxylation is 1. The van der Waals surface area contributed by atoms with Crippen molar-refractivity contribution >= 4 is 11.6 Å². The third-order valence-electron chi connectivity index (χ3n) is 5.63. The summed E-state index contributed by atoms with van der Waals surface area (Å²) in [5.41, 5.74) is 5.04. The lowest BCUT2D eigenvalue weighted by Crippen LogP contribution is -2.21. The molecule has 0 saturated heterocycles. The maximum Gasteiger partial charge on any atom is 0.228 e. The fourth-order valence-corrected chi connectivity index (χ4v) is 4.22. The zero-order valence-corrected chi connectivity index (χ0v) is 14.1. The van der Waals surface area contributed by atoms with Gasteiger partial charge in [-0.3, -0.25) is 4.79 Å². The molecule has 2 aromatic carbocycles. The van der Waals surface area contributed by atoms with Gasteiger partial charge < -0.3 is 10.6 Å². The lowest BCUT2D eigenvalue weighted by atomic mass is 9.95.